The van der Waals surface area contributed by atoms with Crippen LogP contribution in [0.3, 0.4) is 0 Å². The van der Waals surface area contributed by atoms with Gasteiger partial charge in [-0.15, -0.1) is 0 Å². The number of nitrogens with one attached hydrogen (secondary N) is 1. The predicted molar refractivity (Wildman–Crippen MR) is 161 cm³/mol. The van der Waals surface area contributed by atoms with Crippen LogP contribution in [-0.2, 0) is 5.54 Å². The zero-order valence-corrected chi connectivity index (χ0v) is 23.9. The summed E-state index contributed by atoms with van der Waals surface area (Å²) in [6.07, 6.45) is 7.67. The molecule has 1 N–H and O–H groups in total. The number of methoxy groups -OCH3 is 1. The van der Waals surface area contributed by atoms with Crippen molar-refractivity contribution in [2.24, 2.45) is 5.10 Å². The van der Waals surface area contributed by atoms with E-state index in [0.717, 1.165) is 59.4 Å². The smallest absolute Gasteiger partial charge is 0.454 e. The SMILES string of the molecule is COc1ccc(C=C2CCCCC3=C2[N+](C(=O)NC(C)(C)c2ccccc2)(c2ccc(Cl)cc2Cl)N=C3)cc1. The standard InChI is InChI=1S/C32H31Cl2N3O2/c1-32(2,25-11-5-4-6-12-25)36-31(38)37(29-18-15-26(33)20-28(29)34)30-23(9-7-8-10-24(30)21-35-37)19-22-13-16-27(39-3)17-14-22/h4-6,11-21H,7-10H2,1-3H3/p+1. The minimum atomic E-state index is -0.661. The van der Waals surface area contributed by atoms with Crippen LogP contribution in [0.15, 0.2) is 94.7 Å². The van der Waals surface area contributed by atoms with Gasteiger partial charge in [-0.2, -0.15) is 0 Å². The lowest BCUT2D eigenvalue weighted by atomic mass is 9.94. The van der Waals surface area contributed by atoms with Gasteiger partial charge in [0.1, 0.15) is 10.8 Å². The molecule has 0 fully saturated rings. The third-order valence-corrected chi connectivity index (χ3v) is 7.92. The second kappa shape index (κ2) is 11.0. The molecule has 1 heterocycles. The van der Waals surface area contributed by atoms with Crippen LogP contribution in [0.25, 0.3) is 6.08 Å². The molecule has 2 aliphatic rings. The molecule has 1 atom stereocenters. The zero-order valence-electron chi connectivity index (χ0n) is 22.4. The Balaban J connectivity index is 1.68. The molecule has 1 aliphatic carbocycles. The summed E-state index contributed by atoms with van der Waals surface area (Å²) >= 11 is 13.1. The van der Waals surface area contributed by atoms with Crippen molar-refractivity contribution >= 4 is 47.2 Å². The molecule has 0 saturated carbocycles. The maximum Gasteiger partial charge on any atom is 0.454 e. The molecule has 0 spiro atoms. The first-order valence-corrected chi connectivity index (χ1v) is 13.9. The number of ether oxygens (including phenoxy) is 1. The third-order valence-electron chi connectivity index (χ3n) is 7.38. The van der Waals surface area contributed by atoms with Crippen molar-refractivity contribution in [3.05, 3.63) is 111 Å². The maximum atomic E-state index is 14.6. The summed E-state index contributed by atoms with van der Waals surface area (Å²) in [6.45, 7) is 3.99. The van der Waals surface area contributed by atoms with E-state index in [1.54, 1.807) is 19.2 Å². The van der Waals surface area contributed by atoms with E-state index in [2.05, 4.69) is 11.4 Å². The fourth-order valence-electron chi connectivity index (χ4n) is 5.34. The van der Waals surface area contributed by atoms with Gasteiger partial charge in [-0.3, -0.25) is 5.32 Å². The van der Waals surface area contributed by atoms with Gasteiger partial charge in [0.15, 0.2) is 11.4 Å². The average molecular weight is 562 g/mol. The molecule has 5 rings (SSSR count). The number of carbonyl (C=O) groups excluding carboxylic acids is 1. The quantitative estimate of drug-likeness (QED) is 0.317. The van der Waals surface area contributed by atoms with Crippen molar-refractivity contribution < 1.29 is 9.53 Å². The lowest BCUT2D eigenvalue weighted by Gasteiger charge is -2.34. The van der Waals surface area contributed by atoms with E-state index in [9.17, 15) is 4.79 Å². The summed E-state index contributed by atoms with van der Waals surface area (Å²) in [6, 6.07) is 22.8. The number of carbonyl (C=O) groups is 1. The summed E-state index contributed by atoms with van der Waals surface area (Å²) < 4.78 is 4.95. The van der Waals surface area contributed by atoms with Gasteiger partial charge in [-0.05, 0) is 85.6 Å². The van der Waals surface area contributed by atoms with E-state index < -0.39 is 10.1 Å². The Morgan fingerprint density at radius 2 is 1.72 bits per heavy atom. The molecule has 200 valence electrons. The van der Waals surface area contributed by atoms with E-state index in [-0.39, 0.29) is 6.03 Å². The third kappa shape index (κ3) is 5.27. The Morgan fingerprint density at radius 1 is 1.00 bits per heavy atom. The molecule has 1 unspecified atom stereocenters. The summed E-state index contributed by atoms with van der Waals surface area (Å²) in [5.41, 5.74) is 4.88. The lowest BCUT2D eigenvalue weighted by molar-refractivity contribution is 0.203. The molecule has 3 aromatic carbocycles. The highest BCUT2D eigenvalue weighted by atomic mass is 35.5. The highest BCUT2D eigenvalue weighted by Crippen LogP contribution is 2.47. The van der Waals surface area contributed by atoms with Gasteiger partial charge in [0, 0.05) is 22.2 Å². The first-order valence-electron chi connectivity index (χ1n) is 13.1. The monoisotopic (exact) mass is 560 g/mol. The average Bonchev–Trinajstić information content (AvgIpc) is 3.19. The van der Waals surface area contributed by atoms with Crippen molar-refractivity contribution in [2.45, 2.75) is 45.1 Å². The van der Waals surface area contributed by atoms with Gasteiger partial charge in [0.05, 0.1) is 18.9 Å². The molecule has 0 aromatic heterocycles. The lowest BCUT2D eigenvalue weighted by Crippen LogP contribution is -2.57. The van der Waals surface area contributed by atoms with E-state index in [1.807, 2.05) is 80.7 Å². The second-order valence-corrected chi connectivity index (χ2v) is 11.3. The molecular formula is C32H32Cl2N3O2+. The van der Waals surface area contributed by atoms with Gasteiger partial charge < -0.3 is 4.74 Å². The van der Waals surface area contributed by atoms with Gasteiger partial charge in [0.2, 0.25) is 0 Å². The number of nitrogens with zero attached hydrogens (tertiary/aromatic N) is 2. The van der Waals surface area contributed by atoms with Crippen molar-refractivity contribution in [3.63, 3.8) is 0 Å². The van der Waals surface area contributed by atoms with Gasteiger partial charge in [-0.25, -0.2) is 4.79 Å². The number of benzene rings is 3. The normalized spacial score (nSPS) is 20.1. The largest absolute Gasteiger partial charge is 0.497 e. The minimum Gasteiger partial charge on any atom is -0.497 e. The van der Waals surface area contributed by atoms with E-state index >= 15 is 0 Å². The molecule has 39 heavy (non-hydrogen) atoms. The summed E-state index contributed by atoms with van der Waals surface area (Å²) in [5, 5.41) is 9.13. The van der Waals surface area contributed by atoms with Crippen molar-refractivity contribution in [2.75, 3.05) is 7.11 Å². The Morgan fingerprint density at radius 3 is 2.41 bits per heavy atom. The summed E-state index contributed by atoms with van der Waals surface area (Å²) in [7, 11) is 1.66. The van der Waals surface area contributed by atoms with Crippen LogP contribution in [0.4, 0.5) is 10.5 Å². The van der Waals surface area contributed by atoms with E-state index in [4.69, 9.17) is 33.0 Å². The highest BCUT2D eigenvalue weighted by molar-refractivity contribution is 6.36. The molecule has 2 amide bonds. The van der Waals surface area contributed by atoms with E-state index in [0.29, 0.717) is 15.7 Å². The van der Waals surface area contributed by atoms with Crippen LogP contribution in [0, 0.1) is 0 Å². The van der Waals surface area contributed by atoms with E-state index in [1.165, 1.54) is 0 Å². The van der Waals surface area contributed by atoms with Crippen LogP contribution in [0.5, 0.6) is 5.75 Å². The number of amides is 2. The van der Waals surface area contributed by atoms with Gasteiger partial charge in [-0.1, -0.05) is 70.8 Å². The molecule has 3 aromatic rings. The van der Waals surface area contributed by atoms with Gasteiger partial charge >= 0.3 is 6.03 Å². The number of hydrogen-bond acceptors (Lipinski definition) is 3. The number of allylic oxidation sites excluding steroid dienone is 2. The summed E-state index contributed by atoms with van der Waals surface area (Å²) in [5.74, 6) is 0.794. The number of halogens is 2. The number of quaternary nitrogens is 1. The molecule has 0 bridgehead atoms. The Hall–Kier alpha value is -3.38. The van der Waals surface area contributed by atoms with Crippen LogP contribution in [0.1, 0.15) is 50.7 Å². The Labute approximate surface area is 240 Å². The topological polar surface area (TPSA) is 50.7 Å². The Kier molecular flexibility index (Phi) is 7.68. The van der Waals surface area contributed by atoms with Crippen molar-refractivity contribution in [3.8, 4) is 5.75 Å². The number of rotatable bonds is 5. The fraction of sp³-hybridized carbons (Fsp3) is 0.250. The minimum absolute atomic E-state index is 0.281. The molecule has 0 radical (unpaired) electrons. The van der Waals surface area contributed by atoms with Crippen LogP contribution >= 0.6 is 23.2 Å². The maximum absolute atomic E-state index is 14.6. The molecule has 0 saturated heterocycles. The fourth-order valence-corrected chi connectivity index (χ4v) is 5.87. The molecular weight excluding hydrogens is 529 g/mol. The van der Waals surface area contributed by atoms with Crippen LogP contribution in [0.2, 0.25) is 10.0 Å². The van der Waals surface area contributed by atoms with Crippen LogP contribution in [-0.4, -0.2) is 19.4 Å². The molecule has 1 aliphatic heterocycles. The van der Waals surface area contributed by atoms with Gasteiger partial charge in [0.25, 0.3) is 0 Å². The second-order valence-electron chi connectivity index (χ2n) is 10.4. The molecule has 5 nitrogen and oxygen atoms in total. The van der Waals surface area contributed by atoms with Crippen LogP contribution < -0.4 is 14.6 Å². The number of urea groups is 1. The molecule has 7 heteroatoms. The van der Waals surface area contributed by atoms with Crippen molar-refractivity contribution in [1.29, 1.82) is 0 Å². The highest BCUT2D eigenvalue weighted by Gasteiger charge is 2.53. The first kappa shape index (κ1) is 27.2. The summed E-state index contributed by atoms with van der Waals surface area (Å²) in [4.78, 5) is 14.6. The number of hydrogen-bond donors (Lipinski definition) is 1. The Bertz CT molecular complexity index is 1480. The zero-order chi connectivity index (χ0) is 27.6. The first-order chi connectivity index (χ1) is 18.7. The van der Waals surface area contributed by atoms with Crippen molar-refractivity contribution in [1.82, 2.24) is 9.91 Å². The predicted octanol–water partition coefficient (Wildman–Crippen LogP) is 8.87.